The van der Waals surface area contributed by atoms with Crippen LogP contribution in [0.1, 0.15) is 56.8 Å². The average Bonchev–Trinajstić information content (AvgIpc) is 2.85. The van der Waals surface area contributed by atoms with E-state index in [1.807, 2.05) is 18.2 Å². The van der Waals surface area contributed by atoms with Crippen molar-refractivity contribution in [3.63, 3.8) is 0 Å². The van der Waals surface area contributed by atoms with Gasteiger partial charge in [-0.1, -0.05) is 19.8 Å². The lowest BCUT2D eigenvalue weighted by atomic mass is 9.82. The number of imidazole rings is 1. The van der Waals surface area contributed by atoms with Crippen LogP contribution in [0.5, 0.6) is 0 Å². The number of aryl methyl sites for hydroxylation is 1. The third-order valence-corrected chi connectivity index (χ3v) is 4.60. The Morgan fingerprint density at radius 2 is 2.05 bits per heavy atom. The molecule has 1 aromatic carbocycles. The second kappa shape index (κ2) is 5.28. The Bertz CT molecular complexity index is 655. The van der Waals surface area contributed by atoms with Crippen LogP contribution in [0.2, 0.25) is 0 Å². The maximum atomic E-state index is 9.02. The highest BCUT2D eigenvalue weighted by Gasteiger charge is 2.24. The number of rotatable bonds is 2. The number of aromatic nitrogens is 2. The van der Waals surface area contributed by atoms with Gasteiger partial charge < -0.3 is 4.57 Å². The van der Waals surface area contributed by atoms with Crippen molar-refractivity contribution in [3.8, 4) is 6.07 Å². The van der Waals surface area contributed by atoms with Crippen LogP contribution in [0.15, 0.2) is 18.2 Å². The van der Waals surface area contributed by atoms with Crippen LogP contribution in [-0.4, -0.2) is 9.55 Å². The molecule has 1 aliphatic rings. The molecule has 0 atom stereocenters. The molecule has 0 bridgehead atoms. The Morgan fingerprint density at radius 3 is 2.70 bits per heavy atom. The Morgan fingerprint density at radius 1 is 1.30 bits per heavy atom. The van der Waals surface area contributed by atoms with Crippen molar-refractivity contribution in [1.82, 2.24) is 9.55 Å². The molecule has 3 rings (SSSR count). The van der Waals surface area contributed by atoms with Gasteiger partial charge in [-0.3, -0.25) is 0 Å². The quantitative estimate of drug-likeness (QED) is 0.817. The van der Waals surface area contributed by atoms with Crippen LogP contribution in [0.4, 0.5) is 0 Å². The minimum atomic E-state index is 0.587. The SMILES string of the molecule is CCn1c(C2CCC(C)CC2)nc2cc(C#N)ccc21. The van der Waals surface area contributed by atoms with Crippen molar-refractivity contribution in [2.75, 3.05) is 0 Å². The van der Waals surface area contributed by atoms with Crippen LogP contribution in [0.25, 0.3) is 11.0 Å². The van der Waals surface area contributed by atoms with Gasteiger partial charge in [0.05, 0.1) is 22.7 Å². The van der Waals surface area contributed by atoms with Crippen molar-refractivity contribution < 1.29 is 0 Å². The van der Waals surface area contributed by atoms with Gasteiger partial charge in [0.2, 0.25) is 0 Å². The molecule has 3 heteroatoms. The first-order valence-electron chi connectivity index (χ1n) is 7.63. The van der Waals surface area contributed by atoms with Gasteiger partial charge in [0.1, 0.15) is 5.82 Å². The number of nitrogens with zero attached hydrogens (tertiary/aromatic N) is 3. The van der Waals surface area contributed by atoms with Crippen molar-refractivity contribution in [2.45, 2.75) is 52.0 Å². The zero-order valence-corrected chi connectivity index (χ0v) is 12.3. The molecule has 3 nitrogen and oxygen atoms in total. The molecule has 0 spiro atoms. The molecule has 1 aromatic heterocycles. The minimum Gasteiger partial charge on any atom is -0.328 e. The van der Waals surface area contributed by atoms with Crippen LogP contribution in [-0.2, 0) is 6.54 Å². The van der Waals surface area contributed by atoms with Gasteiger partial charge in [-0.2, -0.15) is 5.26 Å². The first-order chi connectivity index (χ1) is 9.72. The van der Waals surface area contributed by atoms with Gasteiger partial charge in [0, 0.05) is 12.5 Å². The highest BCUT2D eigenvalue weighted by molar-refractivity contribution is 5.78. The molecule has 0 aliphatic heterocycles. The molecule has 0 radical (unpaired) electrons. The summed E-state index contributed by atoms with van der Waals surface area (Å²) < 4.78 is 2.33. The van der Waals surface area contributed by atoms with E-state index in [0.717, 1.165) is 18.0 Å². The Labute approximate surface area is 120 Å². The van der Waals surface area contributed by atoms with E-state index < -0.39 is 0 Å². The maximum absolute atomic E-state index is 9.02. The van der Waals surface area contributed by atoms with Gasteiger partial charge in [0.15, 0.2) is 0 Å². The first kappa shape index (κ1) is 13.2. The molecule has 1 aliphatic carbocycles. The lowest BCUT2D eigenvalue weighted by Gasteiger charge is -2.26. The highest BCUT2D eigenvalue weighted by Crippen LogP contribution is 2.36. The fraction of sp³-hybridized carbons (Fsp3) is 0.529. The topological polar surface area (TPSA) is 41.6 Å². The molecule has 0 saturated heterocycles. The molecule has 20 heavy (non-hydrogen) atoms. The van der Waals surface area contributed by atoms with Crippen molar-refractivity contribution in [3.05, 3.63) is 29.6 Å². The predicted molar refractivity (Wildman–Crippen MR) is 80.5 cm³/mol. The van der Waals surface area contributed by atoms with Crippen LogP contribution in [0, 0.1) is 17.2 Å². The summed E-state index contributed by atoms with van der Waals surface area (Å²) in [6.07, 6.45) is 5.10. The van der Waals surface area contributed by atoms with E-state index in [1.54, 1.807) is 0 Å². The fourth-order valence-corrected chi connectivity index (χ4v) is 3.38. The van der Waals surface area contributed by atoms with E-state index >= 15 is 0 Å². The molecule has 0 amide bonds. The van der Waals surface area contributed by atoms with E-state index in [1.165, 1.54) is 37.0 Å². The number of hydrogen-bond donors (Lipinski definition) is 0. The number of hydrogen-bond acceptors (Lipinski definition) is 2. The van der Waals surface area contributed by atoms with Crippen molar-refractivity contribution in [1.29, 1.82) is 5.26 Å². The average molecular weight is 267 g/mol. The van der Waals surface area contributed by atoms with Crippen LogP contribution in [0.3, 0.4) is 0 Å². The van der Waals surface area contributed by atoms with E-state index in [4.69, 9.17) is 10.2 Å². The Balaban J connectivity index is 2.04. The number of benzene rings is 1. The summed E-state index contributed by atoms with van der Waals surface area (Å²) in [5, 5.41) is 9.02. The van der Waals surface area contributed by atoms with Gasteiger partial charge in [-0.05, 0) is 43.9 Å². The van der Waals surface area contributed by atoms with Crippen LogP contribution >= 0.6 is 0 Å². The monoisotopic (exact) mass is 267 g/mol. The summed E-state index contributed by atoms with van der Waals surface area (Å²) in [5.41, 5.74) is 2.83. The zero-order chi connectivity index (χ0) is 14.1. The van der Waals surface area contributed by atoms with E-state index in [9.17, 15) is 0 Å². The molecule has 1 fully saturated rings. The molecule has 2 aromatic rings. The maximum Gasteiger partial charge on any atom is 0.112 e. The van der Waals surface area contributed by atoms with Gasteiger partial charge >= 0.3 is 0 Å². The summed E-state index contributed by atoms with van der Waals surface area (Å²) in [5.74, 6) is 2.67. The standard InChI is InChI=1S/C17H21N3/c1-3-20-16-9-6-13(11-18)10-15(16)19-17(20)14-7-4-12(2)5-8-14/h6,9-10,12,14H,3-5,7-8H2,1-2H3. The number of nitriles is 1. The summed E-state index contributed by atoms with van der Waals surface area (Å²) in [4.78, 5) is 4.85. The summed E-state index contributed by atoms with van der Waals surface area (Å²) in [6, 6.07) is 8.05. The van der Waals surface area contributed by atoms with Gasteiger partial charge in [-0.25, -0.2) is 4.98 Å². The van der Waals surface area contributed by atoms with Crippen LogP contribution < -0.4 is 0 Å². The van der Waals surface area contributed by atoms with Gasteiger partial charge in [-0.15, -0.1) is 0 Å². The molecule has 1 heterocycles. The largest absolute Gasteiger partial charge is 0.328 e. The molecule has 104 valence electrons. The second-order valence-electron chi connectivity index (χ2n) is 5.99. The lowest BCUT2D eigenvalue weighted by Crippen LogP contribution is -2.15. The highest BCUT2D eigenvalue weighted by atomic mass is 15.1. The first-order valence-corrected chi connectivity index (χ1v) is 7.63. The zero-order valence-electron chi connectivity index (χ0n) is 12.3. The normalized spacial score (nSPS) is 22.9. The Hall–Kier alpha value is -1.82. The van der Waals surface area contributed by atoms with Gasteiger partial charge in [0.25, 0.3) is 0 Å². The summed E-state index contributed by atoms with van der Waals surface area (Å²) >= 11 is 0. The predicted octanol–water partition coefficient (Wildman–Crippen LogP) is 4.22. The lowest BCUT2D eigenvalue weighted by molar-refractivity contribution is 0.335. The Kier molecular flexibility index (Phi) is 3.48. The third kappa shape index (κ3) is 2.20. The van der Waals surface area contributed by atoms with E-state index in [0.29, 0.717) is 11.5 Å². The van der Waals surface area contributed by atoms with E-state index in [-0.39, 0.29) is 0 Å². The number of fused-ring (bicyclic) bond motifs is 1. The summed E-state index contributed by atoms with van der Waals surface area (Å²) in [6.45, 7) is 5.47. The smallest absolute Gasteiger partial charge is 0.112 e. The fourth-order valence-electron chi connectivity index (χ4n) is 3.38. The molecule has 1 saturated carbocycles. The molecular formula is C17H21N3. The van der Waals surface area contributed by atoms with E-state index in [2.05, 4.69) is 24.5 Å². The molecule has 0 unspecified atom stereocenters. The second-order valence-corrected chi connectivity index (χ2v) is 5.99. The molecule has 0 N–H and O–H groups in total. The molecular weight excluding hydrogens is 246 g/mol. The summed E-state index contributed by atoms with van der Waals surface area (Å²) in [7, 11) is 0. The van der Waals surface area contributed by atoms with Crippen molar-refractivity contribution in [2.24, 2.45) is 5.92 Å². The van der Waals surface area contributed by atoms with Crippen molar-refractivity contribution >= 4 is 11.0 Å². The minimum absolute atomic E-state index is 0.587. The third-order valence-electron chi connectivity index (χ3n) is 4.60.